The molecule has 1 aromatic carbocycles. The van der Waals surface area contributed by atoms with Gasteiger partial charge in [0.25, 0.3) is 0 Å². The second-order valence-corrected chi connectivity index (χ2v) is 5.33. The van der Waals surface area contributed by atoms with Crippen molar-refractivity contribution in [3.8, 4) is 0 Å². The van der Waals surface area contributed by atoms with Crippen LogP contribution >= 0.6 is 0 Å². The molecule has 0 aromatic heterocycles. The fourth-order valence-electron chi connectivity index (χ4n) is 2.63. The standard InChI is InChI=1S/C16H20O2/c1-12(2)14-11-16(14,15(17)18-3)10-9-13-7-5-4-6-8-13/h4-10,12,14H,11H2,1-3H3/b10-9+/t14-,16+/m0/s1. The zero-order valence-corrected chi connectivity index (χ0v) is 11.2. The molecule has 0 aliphatic heterocycles. The Hall–Kier alpha value is -1.57. The molecule has 0 bridgehead atoms. The summed E-state index contributed by atoms with van der Waals surface area (Å²) in [6.45, 7) is 4.32. The first kappa shape index (κ1) is 12.9. The lowest BCUT2D eigenvalue weighted by molar-refractivity contribution is -0.145. The number of hydrogen-bond acceptors (Lipinski definition) is 2. The predicted molar refractivity (Wildman–Crippen MR) is 72.9 cm³/mol. The summed E-state index contributed by atoms with van der Waals surface area (Å²) in [7, 11) is 1.47. The monoisotopic (exact) mass is 244 g/mol. The van der Waals surface area contributed by atoms with Crippen molar-refractivity contribution in [3.05, 3.63) is 42.0 Å². The van der Waals surface area contributed by atoms with E-state index in [2.05, 4.69) is 13.8 Å². The van der Waals surface area contributed by atoms with Crippen LogP contribution in [0.3, 0.4) is 0 Å². The van der Waals surface area contributed by atoms with Crippen molar-refractivity contribution in [2.45, 2.75) is 20.3 Å². The SMILES string of the molecule is COC(=O)[C@]1(/C=C/c2ccccc2)C[C@H]1C(C)C. The van der Waals surface area contributed by atoms with Crippen molar-refractivity contribution in [1.29, 1.82) is 0 Å². The average Bonchev–Trinajstić information content (AvgIpc) is 3.13. The Kier molecular flexibility index (Phi) is 3.55. The van der Waals surface area contributed by atoms with E-state index in [9.17, 15) is 4.79 Å². The van der Waals surface area contributed by atoms with E-state index in [4.69, 9.17) is 4.74 Å². The number of benzene rings is 1. The molecule has 2 nitrogen and oxygen atoms in total. The second-order valence-electron chi connectivity index (χ2n) is 5.33. The highest BCUT2D eigenvalue weighted by Gasteiger charge is 2.60. The minimum atomic E-state index is -0.390. The van der Waals surface area contributed by atoms with E-state index in [1.165, 1.54) is 7.11 Å². The third kappa shape index (κ3) is 2.33. The molecule has 0 unspecified atom stereocenters. The summed E-state index contributed by atoms with van der Waals surface area (Å²) in [4.78, 5) is 12.0. The zero-order valence-electron chi connectivity index (χ0n) is 11.2. The van der Waals surface area contributed by atoms with Gasteiger partial charge in [-0.2, -0.15) is 0 Å². The molecule has 1 aromatic rings. The van der Waals surface area contributed by atoms with Gasteiger partial charge in [-0.05, 0) is 23.8 Å². The highest BCUT2D eigenvalue weighted by Crippen LogP contribution is 2.58. The molecule has 2 rings (SSSR count). The van der Waals surface area contributed by atoms with E-state index < -0.39 is 5.41 Å². The van der Waals surface area contributed by atoms with Crippen LogP contribution in [0.2, 0.25) is 0 Å². The molecular weight excluding hydrogens is 224 g/mol. The molecule has 0 amide bonds. The molecule has 96 valence electrons. The fraction of sp³-hybridized carbons (Fsp3) is 0.438. The normalized spacial score (nSPS) is 26.6. The van der Waals surface area contributed by atoms with Crippen molar-refractivity contribution >= 4 is 12.0 Å². The third-order valence-electron chi connectivity index (χ3n) is 3.80. The van der Waals surface area contributed by atoms with Crippen LogP contribution in [0.15, 0.2) is 36.4 Å². The summed E-state index contributed by atoms with van der Waals surface area (Å²) in [5, 5.41) is 0. The lowest BCUT2D eigenvalue weighted by Crippen LogP contribution is -2.19. The van der Waals surface area contributed by atoms with Gasteiger partial charge in [0.2, 0.25) is 0 Å². The Morgan fingerprint density at radius 1 is 1.39 bits per heavy atom. The van der Waals surface area contributed by atoms with Crippen molar-refractivity contribution in [2.75, 3.05) is 7.11 Å². The van der Waals surface area contributed by atoms with Crippen molar-refractivity contribution in [2.24, 2.45) is 17.3 Å². The van der Waals surface area contributed by atoms with Gasteiger partial charge in [0.15, 0.2) is 0 Å². The summed E-state index contributed by atoms with van der Waals surface area (Å²) in [6.07, 6.45) is 4.96. The van der Waals surface area contributed by atoms with E-state index in [1.54, 1.807) is 0 Å². The molecule has 1 fully saturated rings. The molecular formula is C16H20O2. The Morgan fingerprint density at radius 2 is 2.06 bits per heavy atom. The number of hydrogen-bond donors (Lipinski definition) is 0. The van der Waals surface area contributed by atoms with E-state index in [1.807, 2.05) is 42.5 Å². The first-order valence-electron chi connectivity index (χ1n) is 6.43. The molecule has 2 heteroatoms. The maximum atomic E-state index is 12.0. The molecule has 0 spiro atoms. The van der Waals surface area contributed by atoms with Crippen LogP contribution < -0.4 is 0 Å². The van der Waals surface area contributed by atoms with Crippen LogP contribution in [0.1, 0.15) is 25.8 Å². The Morgan fingerprint density at radius 3 is 2.56 bits per heavy atom. The zero-order chi connectivity index (χ0) is 13.2. The van der Waals surface area contributed by atoms with Crippen LogP contribution in [0.25, 0.3) is 6.08 Å². The van der Waals surface area contributed by atoms with Gasteiger partial charge in [0.1, 0.15) is 0 Å². The molecule has 0 radical (unpaired) electrons. The number of esters is 1. The summed E-state index contributed by atoms with van der Waals surface area (Å²) in [5.41, 5.74) is 0.730. The first-order chi connectivity index (χ1) is 8.60. The van der Waals surface area contributed by atoms with Gasteiger partial charge in [-0.15, -0.1) is 0 Å². The molecule has 2 atom stereocenters. The Bertz CT molecular complexity index is 447. The van der Waals surface area contributed by atoms with Crippen LogP contribution in [-0.2, 0) is 9.53 Å². The Labute approximate surface area is 109 Å². The average molecular weight is 244 g/mol. The second kappa shape index (κ2) is 4.97. The van der Waals surface area contributed by atoms with E-state index in [0.29, 0.717) is 11.8 Å². The van der Waals surface area contributed by atoms with Gasteiger partial charge in [0.05, 0.1) is 12.5 Å². The first-order valence-corrected chi connectivity index (χ1v) is 6.43. The van der Waals surface area contributed by atoms with Gasteiger partial charge < -0.3 is 4.74 Å². The topological polar surface area (TPSA) is 26.3 Å². The van der Waals surface area contributed by atoms with Crippen LogP contribution in [0, 0.1) is 17.3 Å². The van der Waals surface area contributed by atoms with E-state index >= 15 is 0 Å². The summed E-state index contributed by atoms with van der Waals surface area (Å²) in [6, 6.07) is 10.1. The number of carbonyl (C=O) groups is 1. The van der Waals surface area contributed by atoms with Gasteiger partial charge >= 0.3 is 5.97 Å². The molecule has 1 aliphatic rings. The molecule has 0 heterocycles. The van der Waals surface area contributed by atoms with Crippen LogP contribution in [0.5, 0.6) is 0 Å². The van der Waals surface area contributed by atoms with E-state index in [-0.39, 0.29) is 5.97 Å². The minimum Gasteiger partial charge on any atom is -0.468 e. The minimum absolute atomic E-state index is 0.103. The Balaban J connectivity index is 2.18. The van der Waals surface area contributed by atoms with Gasteiger partial charge in [-0.1, -0.05) is 56.3 Å². The fourth-order valence-corrected chi connectivity index (χ4v) is 2.63. The molecule has 1 saturated carbocycles. The highest BCUT2D eigenvalue weighted by molar-refractivity contribution is 5.84. The lowest BCUT2D eigenvalue weighted by Gasteiger charge is -2.12. The van der Waals surface area contributed by atoms with Gasteiger partial charge in [-0.25, -0.2) is 0 Å². The van der Waals surface area contributed by atoms with Crippen LogP contribution in [0.4, 0.5) is 0 Å². The molecule has 0 N–H and O–H groups in total. The number of carbonyl (C=O) groups excluding carboxylic acids is 1. The molecule has 0 saturated heterocycles. The van der Waals surface area contributed by atoms with E-state index in [0.717, 1.165) is 12.0 Å². The van der Waals surface area contributed by atoms with Gasteiger partial charge in [-0.3, -0.25) is 4.79 Å². The maximum absolute atomic E-state index is 12.0. The smallest absolute Gasteiger partial charge is 0.315 e. The third-order valence-corrected chi connectivity index (χ3v) is 3.80. The number of rotatable bonds is 4. The van der Waals surface area contributed by atoms with Crippen molar-refractivity contribution < 1.29 is 9.53 Å². The quantitative estimate of drug-likeness (QED) is 0.757. The number of methoxy groups -OCH3 is 1. The summed E-state index contributed by atoms with van der Waals surface area (Å²) < 4.78 is 4.96. The van der Waals surface area contributed by atoms with Crippen LogP contribution in [-0.4, -0.2) is 13.1 Å². The highest BCUT2D eigenvalue weighted by atomic mass is 16.5. The summed E-state index contributed by atoms with van der Waals surface area (Å²) >= 11 is 0. The number of ether oxygens (including phenoxy) is 1. The molecule has 18 heavy (non-hydrogen) atoms. The lowest BCUT2D eigenvalue weighted by atomic mass is 9.96. The molecule has 1 aliphatic carbocycles. The maximum Gasteiger partial charge on any atom is 0.315 e. The van der Waals surface area contributed by atoms with Gasteiger partial charge in [0, 0.05) is 0 Å². The van der Waals surface area contributed by atoms with Crippen molar-refractivity contribution in [3.63, 3.8) is 0 Å². The summed E-state index contributed by atoms with van der Waals surface area (Å²) in [5.74, 6) is 0.808. The largest absolute Gasteiger partial charge is 0.468 e. The predicted octanol–water partition coefficient (Wildman–Crippen LogP) is 3.54. The van der Waals surface area contributed by atoms with Crippen molar-refractivity contribution in [1.82, 2.24) is 0 Å².